The van der Waals surface area contributed by atoms with Crippen LogP contribution in [0.2, 0.25) is 0 Å². The van der Waals surface area contributed by atoms with Crippen molar-refractivity contribution in [2.45, 2.75) is 20.4 Å². The van der Waals surface area contributed by atoms with E-state index in [2.05, 4.69) is 5.10 Å². The Hall–Kier alpha value is -3.61. The number of hydrogen-bond acceptors (Lipinski definition) is 4. The van der Waals surface area contributed by atoms with Gasteiger partial charge in [-0.2, -0.15) is 5.10 Å². The number of nitrogens with zero attached hydrogens (tertiary/aromatic N) is 4. The van der Waals surface area contributed by atoms with Crippen molar-refractivity contribution in [1.82, 2.24) is 19.6 Å². The second-order valence-electron chi connectivity index (χ2n) is 7.54. The highest BCUT2D eigenvalue weighted by Crippen LogP contribution is 2.23. The summed E-state index contributed by atoms with van der Waals surface area (Å²) >= 11 is 0. The first-order chi connectivity index (χ1) is 14.8. The van der Waals surface area contributed by atoms with Crippen molar-refractivity contribution < 1.29 is 14.3 Å². The van der Waals surface area contributed by atoms with Gasteiger partial charge >= 0.3 is 0 Å². The molecule has 0 unspecified atom stereocenters. The van der Waals surface area contributed by atoms with Crippen molar-refractivity contribution in [3.63, 3.8) is 0 Å². The number of rotatable bonds is 7. The summed E-state index contributed by atoms with van der Waals surface area (Å²) in [7, 11) is 5.05. The third kappa shape index (κ3) is 4.94. The van der Waals surface area contributed by atoms with E-state index < -0.39 is 0 Å². The van der Waals surface area contributed by atoms with Gasteiger partial charge in [0.15, 0.2) is 5.69 Å². The number of methoxy groups -OCH3 is 1. The smallest absolute Gasteiger partial charge is 0.274 e. The van der Waals surface area contributed by atoms with Crippen molar-refractivity contribution in [3.05, 3.63) is 77.1 Å². The van der Waals surface area contributed by atoms with E-state index in [0.717, 1.165) is 16.8 Å². The molecule has 162 valence electrons. The van der Waals surface area contributed by atoms with E-state index in [9.17, 15) is 9.59 Å². The van der Waals surface area contributed by atoms with Crippen molar-refractivity contribution >= 4 is 11.8 Å². The van der Waals surface area contributed by atoms with Gasteiger partial charge in [-0.1, -0.05) is 18.2 Å². The van der Waals surface area contributed by atoms with Gasteiger partial charge in [-0.25, -0.2) is 4.68 Å². The van der Waals surface area contributed by atoms with E-state index in [1.54, 1.807) is 55.2 Å². The van der Waals surface area contributed by atoms with E-state index in [1.807, 2.05) is 44.2 Å². The highest BCUT2D eigenvalue weighted by Gasteiger charge is 2.19. The lowest BCUT2D eigenvalue weighted by atomic mass is 10.1. The van der Waals surface area contributed by atoms with Gasteiger partial charge in [0.05, 0.1) is 7.11 Å². The van der Waals surface area contributed by atoms with E-state index in [-0.39, 0.29) is 11.8 Å². The molecular weight excluding hydrogens is 392 g/mol. The van der Waals surface area contributed by atoms with Gasteiger partial charge in [0.1, 0.15) is 11.4 Å². The molecule has 0 spiro atoms. The van der Waals surface area contributed by atoms with Crippen LogP contribution in [0.25, 0.3) is 5.69 Å². The summed E-state index contributed by atoms with van der Waals surface area (Å²) in [6.45, 7) is 4.90. The first-order valence-corrected chi connectivity index (χ1v) is 10.1. The maximum absolute atomic E-state index is 13.1. The number of benzene rings is 2. The highest BCUT2D eigenvalue weighted by atomic mass is 16.5. The van der Waals surface area contributed by atoms with Gasteiger partial charge < -0.3 is 14.5 Å². The molecule has 0 bridgehead atoms. The molecule has 31 heavy (non-hydrogen) atoms. The Bertz CT molecular complexity index is 1070. The van der Waals surface area contributed by atoms with E-state index >= 15 is 0 Å². The Labute approximate surface area is 182 Å². The second-order valence-corrected chi connectivity index (χ2v) is 7.54. The van der Waals surface area contributed by atoms with Crippen LogP contribution in [0.5, 0.6) is 5.75 Å². The van der Waals surface area contributed by atoms with Crippen LogP contribution in [-0.4, -0.2) is 59.1 Å². The number of carbonyl (C=O) groups is 2. The quantitative estimate of drug-likeness (QED) is 0.586. The van der Waals surface area contributed by atoms with Crippen LogP contribution < -0.4 is 4.74 Å². The Kier molecular flexibility index (Phi) is 6.74. The second kappa shape index (κ2) is 9.47. The lowest BCUT2D eigenvalue weighted by Crippen LogP contribution is -2.30. The molecule has 0 fully saturated rings. The summed E-state index contributed by atoms with van der Waals surface area (Å²) < 4.78 is 7.09. The van der Waals surface area contributed by atoms with Crippen LogP contribution in [0, 0.1) is 6.92 Å². The number of aromatic nitrogens is 2. The zero-order valence-corrected chi connectivity index (χ0v) is 18.6. The van der Waals surface area contributed by atoms with Crippen LogP contribution in [0.1, 0.15) is 38.9 Å². The summed E-state index contributed by atoms with van der Waals surface area (Å²) in [6, 6.07) is 14.9. The molecule has 0 atom stereocenters. The molecule has 0 saturated heterocycles. The number of aryl methyl sites for hydroxylation is 1. The van der Waals surface area contributed by atoms with Crippen molar-refractivity contribution in [2.75, 3.05) is 27.7 Å². The fraction of sp³-hybridized carbons (Fsp3) is 0.292. The largest absolute Gasteiger partial charge is 0.494 e. The fourth-order valence-corrected chi connectivity index (χ4v) is 3.27. The highest BCUT2D eigenvalue weighted by molar-refractivity contribution is 5.94. The molecule has 2 aromatic carbocycles. The molecule has 0 saturated carbocycles. The number of amides is 2. The minimum absolute atomic E-state index is 0.0490. The van der Waals surface area contributed by atoms with Crippen molar-refractivity contribution in [3.8, 4) is 11.4 Å². The molecular formula is C24H28N4O3. The minimum Gasteiger partial charge on any atom is -0.494 e. The zero-order chi connectivity index (χ0) is 22.5. The Morgan fingerprint density at radius 1 is 1.03 bits per heavy atom. The molecule has 0 aliphatic carbocycles. The number of carbonyl (C=O) groups excluding carboxylic acids is 2. The summed E-state index contributed by atoms with van der Waals surface area (Å²) in [6.07, 6.45) is 1.76. The summed E-state index contributed by atoms with van der Waals surface area (Å²) in [5.74, 6) is 0.487. The van der Waals surface area contributed by atoms with Crippen molar-refractivity contribution in [2.24, 2.45) is 0 Å². The zero-order valence-electron chi connectivity index (χ0n) is 18.6. The number of hydrogen-bond donors (Lipinski definition) is 0. The standard InChI is InChI=1S/C24H28N4O3/c1-6-27(16-18-8-10-19(11-9-18)23(29)26(3)4)24(30)20-13-14-28(25-20)21-15-17(2)7-12-22(21)31-5/h7-15H,6,16H2,1-5H3. The summed E-state index contributed by atoms with van der Waals surface area (Å²) in [5, 5.41) is 4.49. The van der Waals surface area contributed by atoms with Gasteiger partial charge in [0, 0.05) is 38.9 Å². The first kappa shape index (κ1) is 22.1. The van der Waals surface area contributed by atoms with E-state index in [0.29, 0.717) is 30.1 Å². The van der Waals surface area contributed by atoms with Crippen LogP contribution in [0.15, 0.2) is 54.7 Å². The maximum atomic E-state index is 13.1. The molecule has 0 radical (unpaired) electrons. The average molecular weight is 421 g/mol. The predicted molar refractivity (Wildman–Crippen MR) is 120 cm³/mol. The van der Waals surface area contributed by atoms with Gasteiger partial charge in [-0.15, -0.1) is 0 Å². The average Bonchev–Trinajstić information content (AvgIpc) is 3.27. The third-order valence-corrected chi connectivity index (χ3v) is 5.04. The topological polar surface area (TPSA) is 67.7 Å². The lowest BCUT2D eigenvalue weighted by Gasteiger charge is -2.20. The van der Waals surface area contributed by atoms with Crippen LogP contribution in [0.4, 0.5) is 0 Å². The fourth-order valence-electron chi connectivity index (χ4n) is 3.27. The molecule has 0 aliphatic heterocycles. The normalized spacial score (nSPS) is 10.6. The monoisotopic (exact) mass is 420 g/mol. The summed E-state index contributed by atoms with van der Waals surface area (Å²) in [5.41, 5.74) is 3.79. The molecule has 0 aliphatic rings. The first-order valence-electron chi connectivity index (χ1n) is 10.1. The van der Waals surface area contributed by atoms with E-state index in [1.165, 1.54) is 4.90 Å². The number of ether oxygens (including phenoxy) is 1. The molecule has 1 heterocycles. The summed E-state index contributed by atoms with van der Waals surface area (Å²) in [4.78, 5) is 28.4. The molecule has 7 nitrogen and oxygen atoms in total. The Morgan fingerprint density at radius 3 is 2.35 bits per heavy atom. The third-order valence-electron chi connectivity index (χ3n) is 5.04. The van der Waals surface area contributed by atoms with E-state index in [4.69, 9.17) is 4.74 Å². The van der Waals surface area contributed by atoms with Gasteiger partial charge in [-0.05, 0) is 55.3 Å². The molecule has 3 rings (SSSR count). The van der Waals surface area contributed by atoms with Gasteiger partial charge in [0.2, 0.25) is 0 Å². The van der Waals surface area contributed by atoms with Crippen LogP contribution in [0.3, 0.4) is 0 Å². The minimum atomic E-state index is -0.152. The molecule has 0 N–H and O–H groups in total. The van der Waals surface area contributed by atoms with Gasteiger partial charge in [0.25, 0.3) is 11.8 Å². The molecule has 3 aromatic rings. The molecule has 1 aromatic heterocycles. The van der Waals surface area contributed by atoms with Gasteiger partial charge in [-0.3, -0.25) is 9.59 Å². The maximum Gasteiger partial charge on any atom is 0.274 e. The van der Waals surface area contributed by atoms with Crippen LogP contribution >= 0.6 is 0 Å². The Balaban J connectivity index is 1.77. The lowest BCUT2D eigenvalue weighted by molar-refractivity contribution is 0.0745. The Morgan fingerprint density at radius 2 is 1.74 bits per heavy atom. The van der Waals surface area contributed by atoms with Crippen LogP contribution in [-0.2, 0) is 6.54 Å². The predicted octanol–water partition coefficient (Wildman–Crippen LogP) is 3.55. The SMILES string of the molecule is CCN(Cc1ccc(C(=O)N(C)C)cc1)C(=O)c1ccn(-c2cc(C)ccc2OC)n1. The molecule has 2 amide bonds. The molecule has 7 heteroatoms. The van der Waals surface area contributed by atoms with Crippen molar-refractivity contribution in [1.29, 1.82) is 0 Å².